The van der Waals surface area contributed by atoms with Gasteiger partial charge in [-0.1, -0.05) is 6.08 Å². The topological polar surface area (TPSA) is 66.8 Å². The zero-order valence-electron chi connectivity index (χ0n) is 10.8. The molecule has 4 heteroatoms. The Labute approximate surface area is 107 Å². The molecule has 0 saturated carbocycles. The Morgan fingerprint density at radius 3 is 2.89 bits per heavy atom. The van der Waals surface area contributed by atoms with E-state index in [1.807, 2.05) is 0 Å². The molecule has 1 saturated heterocycles. The van der Waals surface area contributed by atoms with E-state index in [9.17, 15) is 15.0 Å². The van der Waals surface area contributed by atoms with Crippen LogP contribution in [0.25, 0.3) is 0 Å². The second kappa shape index (κ2) is 4.21. The van der Waals surface area contributed by atoms with Crippen LogP contribution in [0.15, 0.2) is 24.5 Å². The zero-order valence-corrected chi connectivity index (χ0v) is 10.8. The molecule has 0 spiro atoms. The number of rotatable bonds is 3. The molecule has 1 aliphatic heterocycles. The quantitative estimate of drug-likeness (QED) is 0.744. The number of allylic oxidation sites excluding steroid dienone is 1. The summed E-state index contributed by atoms with van der Waals surface area (Å²) < 4.78 is 5.62. The van der Waals surface area contributed by atoms with Crippen LogP contribution in [0, 0.1) is 5.92 Å². The molecule has 2 N–H and O–H groups in total. The van der Waals surface area contributed by atoms with E-state index in [1.165, 1.54) is 6.08 Å². The number of ketones is 1. The number of aliphatic hydroxyl groups is 2. The first-order valence-electron chi connectivity index (χ1n) is 6.24. The summed E-state index contributed by atoms with van der Waals surface area (Å²) in [6.07, 6.45) is 3.83. The monoisotopic (exact) mass is 252 g/mol. The number of hydrogen-bond acceptors (Lipinski definition) is 4. The third-order valence-corrected chi connectivity index (χ3v) is 3.77. The smallest absolute Gasteiger partial charge is 0.190 e. The standard InChI is InChI=1S/C14H20O4/c1-4-5-14(17)8-9-6-12(13(2,3)16)18-10(9)7-11(14)15/h4,7,9,12,16-17H,1,5-6,8H2,2-3H3. The normalized spacial score (nSPS) is 35.8. The summed E-state index contributed by atoms with van der Waals surface area (Å²) in [6, 6.07) is 0. The van der Waals surface area contributed by atoms with E-state index in [-0.39, 0.29) is 24.2 Å². The fourth-order valence-corrected chi connectivity index (χ4v) is 2.65. The molecule has 0 aromatic heterocycles. The molecule has 2 rings (SSSR count). The van der Waals surface area contributed by atoms with Gasteiger partial charge in [-0.2, -0.15) is 0 Å². The van der Waals surface area contributed by atoms with Gasteiger partial charge in [0, 0.05) is 18.4 Å². The van der Waals surface area contributed by atoms with Crippen LogP contribution >= 0.6 is 0 Å². The number of carbonyl (C=O) groups is 1. The highest BCUT2D eigenvalue weighted by atomic mass is 16.5. The summed E-state index contributed by atoms with van der Waals surface area (Å²) >= 11 is 0. The maximum Gasteiger partial charge on any atom is 0.190 e. The van der Waals surface area contributed by atoms with Crippen LogP contribution in [0.4, 0.5) is 0 Å². The number of carbonyl (C=O) groups excluding carboxylic acids is 1. The molecule has 100 valence electrons. The fourth-order valence-electron chi connectivity index (χ4n) is 2.65. The van der Waals surface area contributed by atoms with Crippen molar-refractivity contribution in [2.45, 2.75) is 50.4 Å². The molecule has 1 aliphatic carbocycles. The summed E-state index contributed by atoms with van der Waals surface area (Å²) in [5.41, 5.74) is -2.30. The first-order valence-corrected chi connectivity index (χ1v) is 6.24. The maximum atomic E-state index is 11.9. The highest BCUT2D eigenvalue weighted by molar-refractivity contribution is 5.98. The minimum absolute atomic E-state index is 0.00377. The van der Waals surface area contributed by atoms with E-state index >= 15 is 0 Å². The second-order valence-corrected chi connectivity index (χ2v) is 5.83. The van der Waals surface area contributed by atoms with Crippen LogP contribution in [-0.2, 0) is 9.53 Å². The first kappa shape index (κ1) is 13.3. The summed E-state index contributed by atoms with van der Waals surface area (Å²) in [5, 5.41) is 20.2. The van der Waals surface area contributed by atoms with Gasteiger partial charge in [0.2, 0.25) is 0 Å². The molecule has 18 heavy (non-hydrogen) atoms. The average Bonchev–Trinajstić information content (AvgIpc) is 2.61. The van der Waals surface area contributed by atoms with Crippen LogP contribution in [0.5, 0.6) is 0 Å². The van der Waals surface area contributed by atoms with Crippen molar-refractivity contribution >= 4 is 5.78 Å². The van der Waals surface area contributed by atoms with Crippen LogP contribution in [0.2, 0.25) is 0 Å². The van der Waals surface area contributed by atoms with E-state index < -0.39 is 11.2 Å². The molecule has 3 atom stereocenters. The molecular weight excluding hydrogens is 232 g/mol. The van der Waals surface area contributed by atoms with Crippen molar-refractivity contribution in [2.24, 2.45) is 5.92 Å². The molecule has 0 bridgehead atoms. The van der Waals surface area contributed by atoms with E-state index in [0.717, 1.165) is 0 Å². The van der Waals surface area contributed by atoms with Crippen molar-refractivity contribution in [3.8, 4) is 0 Å². The Morgan fingerprint density at radius 1 is 1.67 bits per heavy atom. The summed E-state index contributed by atoms with van der Waals surface area (Å²) in [6.45, 7) is 6.95. The number of hydrogen-bond donors (Lipinski definition) is 2. The van der Waals surface area contributed by atoms with Crippen LogP contribution in [0.1, 0.15) is 33.1 Å². The van der Waals surface area contributed by atoms with Gasteiger partial charge in [0.25, 0.3) is 0 Å². The lowest BCUT2D eigenvalue weighted by Crippen LogP contribution is -2.42. The molecule has 1 fully saturated rings. The second-order valence-electron chi connectivity index (χ2n) is 5.83. The Morgan fingerprint density at radius 2 is 2.33 bits per heavy atom. The van der Waals surface area contributed by atoms with Crippen LogP contribution < -0.4 is 0 Å². The number of ether oxygens (including phenoxy) is 1. The molecule has 4 nitrogen and oxygen atoms in total. The first-order chi connectivity index (χ1) is 8.26. The third-order valence-electron chi connectivity index (χ3n) is 3.77. The Balaban J connectivity index is 2.20. The van der Waals surface area contributed by atoms with Crippen LogP contribution in [0.3, 0.4) is 0 Å². The summed E-state index contributed by atoms with van der Waals surface area (Å²) in [4.78, 5) is 11.9. The molecule has 3 unspecified atom stereocenters. The molecule has 0 aromatic carbocycles. The van der Waals surface area contributed by atoms with Crippen molar-refractivity contribution in [2.75, 3.05) is 0 Å². The fraction of sp³-hybridized carbons (Fsp3) is 0.643. The minimum Gasteiger partial charge on any atom is -0.491 e. The molecular formula is C14H20O4. The summed E-state index contributed by atoms with van der Waals surface area (Å²) in [5.74, 6) is 0.273. The lowest BCUT2D eigenvalue weighted by atomic mass is 9.77. The van der Waals surface area contributed by atoms with Gasteiger partial charge in [0.1, 0.15) is 17.5 Å². The predicted octanol–water partition coefficient (Wildman–Crippen LogP) is 1.33. The maximum absolute atomic E-state index is 11.9. The van der Waals surface area contributed by atoms with Gasteiger partial charge < -0.3 is 14.9 Å². The number of fused-ring (bicyclic) bond motifs is 1. The van der Waals surface area contributed by atoms with E-state index in [4.69, 9.17) is 4.74 Å². The van der Waals surface area contributed by atoms with Crippen molar-refractivity contribution in [1.82, 2.24) is 0 Å². The predicted molar refractivity (Wildman–Crippen MR) is 66.7 cm³/mol. The van der Waals surface area contributed by atoms with Gasteiger partial charge in [0.05, 0.1) is 5.60 Å². The molecule has 2 aliphatic rings. The Bertz CT molecular complexity index is 405. The van der Waals surface area contributed by atoms with Gasteiger partial charge in [-0.15, -0.1) is 6.58 Å². The zero-order chi connectivity index (χ0) is 13.6. The van der Waals surface area contributed by atoms with Gasteiger partial charge in [-0.25, -0.2) is 0 Å². The molecule has 1 heterocycles. The largest absolute Gasteiger partial charge is 0.491 e. The Hall–Kier alpha value is -1.13. The lowest BCUT2D eigenvalue weighted by molar-refractivity contribution is -0.135. The summed E-state index contributed by atoms with van der Waals surface area (Å²) in [7, 11) is 0. The van der Waals surface area contributed by atoms with Crippen molar-refractivity contribution in [1.29, 1.82) is 0 Å². The molecule has 0 aromatic rings. The minimum atomic E-state index is -1.35. The van der Waals surface area contributed by atoms with E-state index in [2.05, 4.69) is 6.58 Å². The average molecular weight is 252 g/mol. The third kappa shape index (κ3) is 2.22. The van der Waals surface area contributed by atoms with Gasteiger partial charge in [-0.3, -0.25) is 4.79 Å². The Kier molecular flexibility index (Phi) is 3.11. The van der Waals surface area contributed by atoms with E-state index in [0.29, 0.717) is 18.6 Å². The SMILES string of the molecule is C=CCC1(O)CC2CC(C(C)(C)O)OC2=CC1=O. The van der Waals surface area contributed by atoms with Crippen molar-refractivity contribution in [3.05, 3.63) is 24.5 Å². The van der Waals surface area contributed by atoms with Crippen molar-refractivity contribution in [3.63, 3.8) is 0 Å². The van der Waals surface area contributed by atoms with Crippen molar-refractivity contribution < 1.29 is 19.7 Å². The molecule has 0 radical (unpaired) electrons. The van der Waals surface area contributed by atoms with Gasteiger partial charge >= 0.3 is 0 Å². The van der Waals surface area contributed by atoms with Gasteiger partial charge in [0.15, 0.2) is 5.78 Å². The van der Waals surface area contributed by atoms with Gasteiger partial charge in [-0.05, 0) is 26.7 Å². The highest BCUT2D eigenvalue weighted by Gasteiger charge is 2.48. The molecule has 0 amide bonds. The van der Waals surface area contributed by atoms with Crippen LogP contribution in [-0.4, -0.2) is 33.3 Å². The van der Waals surface area contributed by atoms with E-state index in [1.54, 1.807) is 19.9 Å². The lowest BCUT2D eigenvalue weighted by Gasteiger charge is -2.30. The highest BCUT2D eigenvalue weighted by Crippen LogP contribution is 2.43.